The average Bonchev–Trinajstić information content (AvgIpc) is 2.73. The number of nitrogens with one attached hydrogen (secondary N) is 1. The summed E-state index contributed by atoms with van der Waals surface area (Å²) < 4.78 is 1.82. The van der Waals surface area contributed by atoms with Gasteiger partial charge in [0.05, 0.1) is 17.8 Å². The Kier molecular flexibility index (Phi) is 4.93. The van der Waals surface area contributed by atoms with Crippen LogP contribution in [0.5, 0.6) is 0 Å². The highest BCUT2D eigenvalue weighted by molar-refractivity contribution is 6.30. The molecule has 0 unspecified atom stereocenters. The van der Waals surface area contributed by atoms with Crippen molar-refractivity contribution < 1.29 is 4.79 Å². The number of carbonyl (C=O) groups excluding carboxylic acids is 1. The van der Waals surface area contributed by atoms with Crippen LogP contribution in [-0.4, -0.2) is 39.2 Å². The zero-order valence-corrected chi connectivity index (χ0v) is 13.1. The SMILES string of the molecule is Cc1c(CN(C)CC(=O)Nc2ccc(Cl)cn2)cnn1C. The number of halogens is 1. The molecule has 2 rings (SSSR count). The lowest BCUT2D eigenvalue weighted by atomic mass is 10.2. The first-order valence-corrected chi connectivity index (χ1v) is 6.91. The van der Waals surface area contributed by atoms with E-state index in [1.54, 1.807) is 12.1 Å². The van der Waals surface area contributed by atoms with Crippen LogP contribution in [0, 0.1) is 6.92 Å². The third kappa shape index (κ3) is 4.27. The Morgan fingerprint density at radius 1 is 1.43 bits per heavy atom. The molecule has 0 saturated heterocycles. The maximum atomic E-state index is 11.9. The minimum atomic E-state index is -0.117. The summed E-state index contributed by atoms with van der Waals surface area (Å²) in [4.78, 5) is 17.9. The number of aryl methyl sites for hydroxylation is 1. The van der Waals surface area contributed by atoms with Crippen LogP contribution < -0.4 is 5.32 Å². The van der Waals surface area contributed by atoms with Gasteiger partial charge < -0.3 is 5.32 Å². The molecule has 112 valence electrons. The Balaban J connectivity index is 1.87. The second-order valence-electron chi connectivity index (χ2n) is 4.96. The van der Waals surface area contributed by atoms with Crippen LogP contribution in [-0.2, 0) is 18.4 Å². The highest BCUT2D eigenvalue weighted by Gasteiger charge is 2.11. The van der Waals surface area contributed by atoms with Gasteiger partial charge in [-0.1, -0.05) is 11.6 Å². The second kappa shape index (κ2) is 6.69. The van der Waals surface area contributed by atoms with Crippen molar-refractivity contribution in [2.45, 2.75) is 13.5 Å². The van der Waals surface area contributed by atoms with Crippen molar-refractivity contribution in [3.63, 3.8) is 0 Å². The summed E-state index contributed by atoms with van der Waals surface area (Å²) in [5.41, 5.74) is 2.21. The molecule has 0 atom stereocenters. The van der Waals surface area contributed by atoms with Gasteiger partial charge in [-0.3, -0.25) is 14.4 Å². The van der Waals surface area contributed by atoms with Crippen molar-refractivity contribution in [3.8, 4) is 0 Å². The van der Waals surface area contributed by atoms with Crippen molar-refractivity contribution in [2.75, 3.05) is 18.9 Å². The van der Waals surface area contributed by atoms with E-state index in [9.17, 15) is 4.79 Å². The summed E-state index contributed by atoms with van der Waals surface area (Å²) in [6, 6.07) is 3.36. The van der Waals surface area contributed by atoms with Gasteiger partial charge in [0.25, 0.3) is 0 Å². The largest absolute Gasteiger partial charge is 0.310 e. The molecule has 21 heavy (non-hydrogen) atoms. The number of hydrogen-bond donors (Lipinski definition) is 1. The van der Waals surface area contributed by atoms with Crippen molar-refractivity contribution in [1.29, 1.82) is 0 Å². The summed E-state index contributed by atoms with van der Waals surface area (Å²) >= 11 is 5.75. The summed E-state index contributed by atoms with van der Waals surface area (Å²) in [5.74, 6) is 0.379. The molecule has 0 spiro atoms. The van der Waals surface area contributed by atoms with Crippen molar-refractivity contribution >= 4 is 23.3 Å². The minimum Gasteiger partial charge on any atom is -0.310 e. The van der Waals surface area contributed by atoms with E-state index >= 15 is 0 Å². The first-order valence-electron chi connectivity index (χ1n) is 6.53. The Hall–Kier alpha value is -1.92. The van der Waals surface area contributed by atoms with E-state index in [4.69, 9.17) is 11.6 Å². The van der Waals surface area contributed by atoms with Crippen LogP contribution in [0.15, 0.2) is 24.5 Å². The molecule has 0 bridgehead atoms. The Morgan fingerprint density at radius 2 is 2.19 bits per heavy atom. The van der Waals surface area contributed by atoms with Gasteiger partial charge in [0.1, 0.15) is 5.82 Å². The van der Waals surface area contributed by atoms with Crippen molar-refractivity contribution in [2.24, 2.45) is 7.05 Å². The van der Waals surface area contributed by atoms with Crippen LogP contribution in [0.25, 0.3) is 0 Å². The van der Waals surface area contributed by atoms with Gasteiger partial charge in [-0.05, 0) is 26.1 Å². The molecule has 1 amide bonds. The fraction of sp³-hybridized carbons (Fsp3) is 0.357. The standard InChI is InChI=1S/C14H18ClN5O/c1-10-11(6-17-20(10)3)8-19(2)9-14(21)18-13-5-4-12(15)7-16-13/h4-7H,8-9H2,1-3H3,(H,16,18,21). The van der Waals surface area contributed by atoms with Gasteiger partial charge >= 0.3 is 0 Å². The third-order valence-electron chi connectivity index (χ3n) is 3.19. The predicted molar refractivity (Wildman–Crippen MR) is 82.2 cm³/mol. The summed E-state index contributed by atoms with van der Waals surface area (Å²) in [7, 11) is 3.79. The highest BCUT2D eigenvalue weighted by atomic mass is 35.5. The number of rotatable bonds is 5. The molecule has 0 fully saturated rings. The van der Waals surface area contributed by atoms with E-state index in [1.165, 1.54) is 6.20 Å². The lowest BCUT2D eigenvalue weighted by Gasteiger charge is -2.15. The van der Waals surface area contributed by atoms with E-state index in [-0.39, 0.29) is 12.5 Å². The molecular weight excluding hydrogens is 290 g/mol. The van der Waals surface area contributed by atoms with E-state index in [0.717, 1.165) is 11.3 Å². The Labute approximate surface area is 128 Å². The predicted octanol–water partition coefficient (Wildman–Crippen LogP) is 1.85. The van der Waals surface area contributed by atoms with E-state index in [2.05, 4.69) is 15.4 Å². The number of amides is 1. The molecular formula is C14H18ClN5O. The zero-order valence-electron chi connectivity index (χ0n) is 12.3. The van der Waals surface area contributed by atoms with Gasteiger partial charge in [-0.25, -0.2) is 4.98 Å². The number of anilines is 1. The molecule has 0 radical (unpaired) electrons. The van der Waals surface area contributed by atoms with Gasteiger partial charge in [-0.15, -0.1) is 0 Å². The molecule has 6 nitrogen and oxygen atoms in total. The van der Waals surface area contributed by atoms with Gasteiger partial charge in [0.15, 0.2) is 0 Å². The zero-order chi connectivity index (χ0) is 15.4. The summed E-state index contributed by atoms with van der Waals surface area (Å²) in [6.07, 6.45) is 3.32. The molecule has 0 aliphatic carbocycles. The summed E-state index contributed by atoms with van der Waals surface area (Å²) in [5, 5.41) is 7.46. The smallest absolute Gasteiger partial charge is 0.239 e. The molecule has 2 heterocycles. The number of carbonyl (C=O) groups is 1. The summed E-state index contributed by atoms with van der Waals surface area (Å²) in [6.45, 7) is 2.95. The fourth-order valence-electron chi connectivity index (χ4n) is 1.92. The molecule has 0 saturated carbocycles. The Bertz CT molecular complexity index is 623. The number of hydrogen-bond acceptors (Lipinski definition) is 4. The van der Waals surface area contributed by atoms with Crippen molar-refractivity contribution in [3.05, 3.63) is 40.8 Å². The van der Waals surface area contributed by atoms with Crippen LogP contribution in [0.4, 0.5) is 5.82 Å². The Morgan fingerprint density at radius 3 is 2.76 bits per heavy atom. The lowest BCUT2D eigenvalue weighted by molar-refractivity contribution is -0.117. The molecule has 0 aromatic carbocycles. The van der Waals surface area contributed by atoms with E-state index < -0.39 is 0 Å². The maximum Gasteiger partial charge on any atom is 0.239 e. The normalized spacial score (nSPS) is 10.9. The second-order valence-corrected chi connectivity index (χ2v) is 5.40. The van der Waals surface area contributed by atoms with E-state index in [0.29, 0.717) is 17.4 Å². The molecule has 0 aliphatic heterocycles. The first kappa shape index (κ1) is 15.5. The monoisotopic (exact) mass is 307 g/mol. The fourth-order valence-corrected chi connectivity index (χ4v) is 2.04. The van der Waals surface area contributed by atoms with Gasteiger partial charge in [-0.2, -0.15) is 5.10 Å². The van der Waals surface area contributed by atoms with E-state index in [1.807, 2.05) is 36.8 Å². The first-order chi connectivity index (χ1) is 9.95. The number of aromatic nitrogens is 3. The minimum absolute atomic E-state index is 0.117. The molecule has 7 heteroatoms. The molecule has 1 N–H and O–H groups in total. The number of likely N-dealkylation sites (N-methyl/N-ethyl adjacent to an activating group) is 1. The van der Waals surface area contributed by atoms with Crippen LogP contribution >= 0.6 is 11.6 Å². The van der Waals surface area contributed by atoms with Gasteiger partial charge in [0.2, 0.25) is 5.91 Å². The van der Waals surface area contributed by atoms with Crippen LogP contribution in [0.1, 0.15) is 11.3 Å². The number of pyridine rings is 1. The number of nitrogens with zero attached hydrogens (tertiary/aromatic N) is 4. The van der Waals surface area contributed by atoms with Gasteiger partial charge in [0, 0.05) is 31.0 Å². The quantitative estimate of drug-likeness (QED) is 0.915. The lowest BCUT2D eigenvalue weighted by Crippen LogP contribution is -2.30. The third-order valence-corrected chi connectivity index (χ3v) is 3.41. The molecule has 0 aliphatic rings. The van der Waals surface area contributed by atoms with Crippen LogP contribution in [0.2, 0.25) is 5.02 Å². The topological polar surface area (TPSA) is 63.1 Å². The van der Waals surface area contributed by atoms with Crippen LogP contribution in [0.3, 0.4) is 0 Å². The van der Waals surface area contributed by atoms with Crippen molar-refractivity contribution in [1.82, 2.24) is 19.7 Å². The highest BCUT2D eigenvalue weighted by Crippen LogP contribution is 2.10. The average molecular weight is 308 g/mol. The maximum absolute atomic E-state index is 11.9. The molecule has 2 aromatic heterocycles. The molecule has 2 aromatic rings.